The summed E-state index contributed by atoms with van der Waals surface area (Å²) in [6.07, 6.45) is 3.20. The molecule has 2 aliphatic heterocycles. The Morgan fingerprint density at radius 3 is 3.24 bits per heavy atom. The third-order valence-corrected chi connectivity index (χ3v) is 3.69. The molecule has 3 N–H and O–H groups in total. The van der Waals surface area contributed by atoms with Gasteiger partial charge >= 0.3 is 0 Å². The zero-order valence-electron chi connectivity index (χ0n) is 10.3. The van der Waals surface area contributed by atoms with E-state index in [1.165, 1.54) is 0 Å². The van der Waals surface area contributed by atoms with Crippen molar-refractivity contribution in [3.8, 4) is 0 Å². The molecule has 2 saturated heterocycles. The maximum Gasteiger partial charge on any atom is 0.153 e. The molecular weight excluding hydrogens is 222 g/mol. The maximum atomic E-state index is 8.56. The summed E-state index contributed by atoms with van der Waals surface area (Å²) in [5, 5.41) is 11.6. The predicted molar refractivity (Wildman–Crippen MR) is 63.2 cm³/mol. The highest BCUT2D eigenvalue weighted by Gasteiger charge is 2.43. The first-order valence-electron chi connectivity index (χ1n) is 6.03. The molecule has 6 nitrogen and oxygen atoms in total. The lowest BCUT2D eigenvalue weighted by molar-refractivity contribution is -0.119. The zero-order chi connectivity index (χ0) is 12.3. The number of hydrogen-bond acceptors (Lipinski definition) is 5. The lowest BCUT2D eigenvalue weighted by atomic mass is 9.91. The van der Waals surface area contributed by atoms with Gasteiger partial charge in [0, 0.05) is 33.2 Å². The van der Waals surface area contributed by atoms with Crippen LogP contribution in [0.5, 0.6) is 0 Å². The second-order valence-corrected chi connectivity index (χ2v) is 4.93. The summed E-state index contributed by atoms with van der Waals surface area (Å²) < 4.78 is 11.4. The van der Waals surface area contributed by atoms with E-state index in [0.29, 0.717) is 12.6 Å². The van der Waals surface area contributed by atoms with Crippen molar-refractivity contribution >= 4 is 5.84 Å². The fourth-order valence-corrected chi connectivity index (χ4v) is 2.79. The fourth-order valence-electron chi connectivity index (χ4n) is 2.79. The number of nitrogens with zero attached hydrogens (tertiary/aromatic N) is 2. The van der Waals surface area contributed by atoms with Crippen molar-refractivity contribution in [1.82, 2.24) is 4.90 Å². The van der Waals surface area contributed by atoms with Crippen LogP contribution in [-0.2, 0) is 9.47 Å². The van der Waals surface area contributed by atoms with Crippen LogP contribution in [0.4, 0.5) is 0 Å². The maximum absolute atomic E-state index is 8.56. The lowest BCUT2D eigenvalue weighted by Crippen LogP contribution is -2.45. The molecule has 2 rings (SSSR count). The third kappa shape index (κ3) is 2.88. The average Bonchev–Trinajstić information content (AvgIpc) is 2.71. The smallest absolute Gasteiger partial charge is 0.153 e. The number of ether oxygens (including phenoxy) is 2. The van der Waals surface area contributed by atoms with Crippen molar-refractivity contribution in [2.45, 2.75) is 31.0 Å². The zero-order valence-corrected chi connectivity index (χ0v) is 10.3. The summed E-state index contributed by atoms with van der Waals surface area (Å²) in [5.41, 5.74) is 5.43. The molecule has 17 heavy (non-hydrogen) atoms. The van der Waals surface area contributed by atoms with Crippen molar-refractivity contribution < 1.29 is 14.7 Å². The van der Waals surface area contributed by atoms with Gasteiger partial charge in [-0.3, -0.25) is 4.90 Å². The van der Waals surface area contributed by atoms with Crippen molar-refractivity contribution in [1.29, 1.82) is 0 Å². The fraction of sp³-hybridized carbons (Fsp3) is 0.909. The highest BCUT2D eigenvalue weighted by Crippen LogP contribution is 2.34. The summed E-state index contributed by atoms with van der Waals surface area (Å²) in [6, 6.07) is 0. The lowest BCUT2D eigenvalue weighted by Gasteiger charge is -2.37. The Morgan fingerprint density at radius 1 is 1.71 bits per heavy atom. The molecular formula is C11H21N3O3. The van der Waals surface area contributed by atoms with Crippen LogP contribution >= 0.6 is 0 Å². The Hall–Kier alpha value is -0.850. The second-order valence-electron chi connectivity index (χ2n) is 4.93. The minimum Gasteiger partial charge on any atom is -0.409 e. The molecule has 0 unspecified atom stereocenters. The number of amidine groups is 1. The van der Waals surface area contributed by atoms with Crippen LogP contribution in [0, 0.1) is 0 Å². The highest BCUT2D eigenvalue weighted by molar-refractivity contribution is 5.81. The third-order valence-electron chi connectivity index (χ3n) is 3.69. The first-order valence-corrected chi connectivity index (χ1v) is 6.03. The van der Waals surface area contributed by atoms with Gasteiger partial charge in [0.1, 0.15) is 0 Å². The van der Waals surface area contributed by atoms with Gasteiger partial charge in [0.25, 0.3) is 0 Å². The van der Waals surface area contributed by atoms with Crippen molar-refractivity contribution in [3.63, 3.8) is 0 Å². The Balaban J connectivity index is 1.91. The van der Waals surface area contributed by atoms with E-state index in [1.54, 1.807) is 7.11 Å². The van der Waals surface area contributed by atoms with Gasteiger partial charge in [-0.1, -0.05) is 5.16 Å². The molecule has 6 heteroatoms. The van der Waals surface area contributed by atoms with E-state index in [0.717, 1.165) is 39.0 Å². The van der Waals surface area contributed by atoms with Crippen molar-refractivity contribution in [2.24, 2.45) is 10.9 Å². The number of hydrogen-bond donors (Lipinski definition) is 2. The van der Waals surface area contributed by atoms with Gasteiger partial charge in [-0.05, 0) is 12.8 Å². The molecule has 98 valence electrons. The standard InChI is InChI=1S/C11H21N3O3/c1-16-9-2-5-17-11(6-9)3-4-14(8-11)7-10(12)13-15/h9,15H,2-8H2,1H3,(H2,12,13)/t9-,11-/m0/s1. The van der Waals surface area contributed by atoms with Gasteiger partial charge in [0.05, 0.1) is 18.2 Å². The quantitative estimate of drug-likeness (QED) is 0.316. The molecule has 2 aliphatic rings. The largest absolute Gasteiger partial charge is 0.409 e. The normalized spacial score (nSPS) is 35.6. The van der Waals surface area contributed by atoms with Crippen LogP contribution in [-0.4, -0.2) is 61.0 Å². The van der Waals surface area contributed by atoms with Crippen LogP contribution in [0.15, 0.2) is 5.16 Å². The molecule has 1 spiro atoms. The Kier molecular flexibility index (Phi) is 3.86. The minimum atomic E-state index is -0.0886. The number of oxime groups is 1. The molecule has 0 bridgehead atoms. The summed E-state index contributed by atoms with van der Waals surface area (Å²) in [4.78, 5) is 2.16. The van der Waals surface area contributed by atoms with E-state index in [-0.39, 0.29) is 11.4 Å². The molecule has 2 heterocycles. The molecule has 0 aromatic heterocycles. The number of rotatable bonds is 3. The van der Waals surface area contributed by atoms with Crippen LogP contribution in [0.25, 0.3) is 0 Å². The number of nitrogens with two attached hydrogens (primary N) is 1. The van der Waals surface area contributed by atoms with Gasteiger partial charge in [-0.2, -0.15) is 0 Å². The predicted octanol–water partition coefficient (Wildman–Crippen LogP) is 0.00270. The molecule has 0 saturated carbocycles. The van der Waals surface area contributed by atoms with E-state index in [4.69, 9.17) is 20.4 Å². The van der Waals surface area contributed by atoms with Crippen molar-refractivity contribution in [3.05, 3.63) is 0 Å². The van der Waals surface area contributed by atoms with Gasteiger partial charge < -0.3 is 20.4 Å². The van der Waals surface area contributed by atoms with Crippen LogP contribution in [0.2, 0.25) is 0 Å². The van der Waals surface area contributed by atoms with E-state index >= 15 is 0 Å². The summed E-state index contributed by atoms with van der Waals surface area (Å²) in [6.45, 7) is 3.02. The van der Waals surface area contributed by atoms with E-state index in [9.17, 15) is 0 Å². The minimum absolute atomic E-state index is 0.0886. The molecule has 0 radical (unpaired) electrons. The van der Waals surface area contributed by atoms with Crippen LogP contribution in [0.3, 0.4) is 0 Å². The van der Waals surface area contributed by atoms with Gasteiger partial charge in [-0.15, -0.1) is 0 Å². The summed E-state index contributed by atoms with van der Waals surface area (Å²) in [7, 11) is 1.76. The van der Waals surface area contributed by atoms with E-state index in [2.05, 4.69) is 10.1 Å². The van der Waals surface area contributed by atoms with Crippen molar-refractivity contribution in [2.75, 3.05) is 33.4 Å². The van der Waals surface area contributed by atoms with Gasteiger partial charge in [0.2, 0.25) is 0 Å². The SMILES string of the molecule is CO[C@H]1CCO[C@@]2(CCN(CC(N)=NO)C2)C1. The Labute approximate surface area is 101 Å². The first kappa shape index (κ1) is 12.6. The summed E-state index contributed by atoms with van der Waals surface area (Å²) >= 11 is 0. The van der Waals surface area contributed by atoms with E-state index < -0.39 is 0 Å². The topological polar surface area (TPSA) is 80.3 Å². The monoisotopic (exact) mass is 243 g/mol. The number of methoxy groups -OCH3 is 1. The second kappa shape index (κ2) is 5.20. The van der Waals surface area contributed by atoms with Crippen LogP contribution < -0.4 is 5.73 Å². The molecule has 0 aromatic rings. The van der Waals surface area contributed by atoms with Crippen LogP contribution in [0.1, 0.15) is 19.3 Å². The van der Waals surface area contributed by atoms with Gasteiger partial charge in [0.15, 0.2) is 5.84 Å². The molecule has 2 fully saturated rings. The van der Waals surface area contributed by atoms with E-state index in [1.807, 2.05) is 0 Å². The molecule has 2 atom stereocenters. The first-order chi connectivity index (χ1) is 8.17. The summed E-state index contributed by atoms with van der Waals surface area (Å²) in [5.74, 6) is 0.251. The molecule has 0 aromatic carbocycles. The highest BCUT2D eigenvalue weighted by atomic mass is 16.5. The Morgan fingerprint density at radius 2 is 2.53 bits per heavy atom. The molecule has 0 aliphatic carbocycles. The molecule has 0 amide bonds. The number of likely N-dealkylation sites (tertiary alicyclic amines) is 1. The van der Waals surface area contributed by atoms with Gasteiger partial charge in [-0.25, -0.2) is 0 Å². The average molecular weight is 243 g/mol. The Bertz CT molecular complexity index is 298.